The number of hydrogen-bond donors (Lipinski definition) is 1. The van der Waals surface area contributed by atoms with Gasteiger partial charge in [-0.25, -0.2) is 4.39 Å². The van der Waals surface area contributed by atoms with Crippen LogP contribution in [-0.4, -0.2) is 32.5 Å². The van der Waals surface area contributed by atoms with Crippen LogP contribution in [0.15, 0.2) is 0 Å². The highest BCUT2D eigenvalue weighted by molar-refractivity contribution is 5.85. The van der Waals surface area contributed by atoms with Crippen molar-refractivity contribution in [2.24, 2.45) is 5.41 Å². The average molecular weight is 182 g/mol. The third-order valence-corrected chi connectivity index (χ3v) is 2.63. The van der Waals surface area contributed by atoms with Crippen LogP contribution in [0.25, 0.3) is 0 Å². The van der Waals surface area contributed by atoms with Gasteiger partial charge in [0.05, 0.1) is 6.61 Å². The van der Waals surface area contributed by atoms with Crippen molar-refractivity contribution in [3.05, 3.63) is 0 Å². The number of halogens is 2. The molecule has 0 aromatic carbocycles. The van der Waals surface area contributed by atoms with E-state index >= 15 is 0 Å². The van der Waals surface area contributed by atoms with Crippen LogP contribution in [0.1, 0.15) is 6.42 Å². The fraction of sp³-hybridized carbons (Fsp3) is 1.00. The third kappa shape index (κ3) is 1.37. The van der Waals surface area contributed by atoms with Gasteiger partial charge in [0.15, 0.2) is 0 Å². The number of rotatable bonds is 0. The fourth-order valence-electron chi connectivity index (χ4n) is 1.64. The molecular formula is C7H13ClFNO. The minimum atomic E-state index is -0.734. The lowest BCUT2D eigenvalue weighted by atomic mass is 9.74. The first-order chi connectivity index (χ1) is 4.83. The van der Waals surface area contributed by atoms with E-state index in [1.54, 1.807) is 0 Å². The summed E-state index contributed by atoms with van der Waals surface area (Å²) in [6.45, 7) is 2.73. The van der Waals surface area contributed by atoms with Crippen LogP contribution in [0.5, 0.6) is 0 Å². The van der Waals surface area contributed by atoms with Crippen LogP contribution in [0, 0.1) is 5.41 Å². The molecule has 11 heavy (non-hydrogen) atoms. The zero-order valence-corrected chi connectivity index (χ0v) is 7.12. The summed E-state index contributed by atoms with van der Waals surface area (Å²) in [5.41, 5.74) is -0.0434. The lowest BCUT2D eigenvalue weighted by Gasteiger charge is -2.47. The van der Waals surface area contributed by atoms with Gasteiger partial charge in [-0.1, -0.05) is 0 Å². The molecule has 0 saturated carbocycles. The highest BCUT2D eigenvalue weighted by atomic mass is 35.5. The van der Waals surface area contributed by atoms with Crippen molar-refractivity contribution in [1.82, 2.24) is 5.32 Å². The van der Waals surface area contributed by atoms with Crippen LogP contribution in [0.2, 0.25) is 0 Å². The van der Waals surface area contributed by atoms with Crippen LogP contribution in [0.4, 0.5) is 4.39 Å². The van der Waals surface area contributed by atoms with Crippen molar-refractivity contribution in [3.8, 4) is 0 Å². The second-order valence-electron chi connectivity index (χ2n) is 3.26. The molecular weight excluding hydrogens is 169 g/mol. The number of ether oxygens (including phenoxy) is 1. The van der Waals surface area contributed by atoms with Crippen LogP contribution >= 0.6 is 12.4 Å². The van der Waals surface area contributed by atoms with Crippen molar-refractivity contribution < 1.29 is 9.13 Å². The Morgan fingerprint density at radius 3 is 2.55 bits per heavy atom. The molecule has 0 bridgehead atoms. The standard InChI is InChI=1S/C7H12FNO.ClH/c8-6-3-10-2-1-7(6)4-9-5-7;/h6,9H,1-5H2;1H/t6-;/m1./s1. The molecule has 0 aliphatic carbocycles. The molecule has 1 atom stereocenters. The van der Waals surface area contributed by atoms with Crippen LogP contribution in [-0.2, 0) is 4.74 Å². The van der Waals surface area contributed by atoms with Gasteiger partial charge in [0.2, 0.25) is 0 Å². The molecule has 2 fully saturated rings. The van der Waals surface area contributed by atoms with E-state index in [9.17, 15) is 4.39 Å². The molecule has 2 nitrogen and oxygen atoms in total. The van der Waals surface area contributed by atoms with Gasteiger partial charge in [-0.3, -0.25) is 0 Å². The van der Waals surface area contributed by atoms with Crippen molar-refractivity contribution >= 4 is 12.4 Å². The van der Waals surface area contributed by atoms with E-state index in [1.165, 1.54) is 0 Å². The molecule has 2 aliphatic rings. The van der Waals surface area contributed by atoms with Crippen molar-refractivity contribution in [2.45, 2.75) is 12.6 Å². The summed E-state index contributed by atoms with van der Waals surface area (Å²) in [5, 5.41) is 3.11. The highest BCUT2D eigenvalue weighted by Crippen LogP contribution is 2.36. The number of hydrogen-bond acceptors (Lipinski definition) is 2. The zero-order chi connectivity index (χ0) is 7.03. The van der Waals surface area contributed by atoms with Gasteiger partial charge in [0.25, 0.3) is 0 Å². The van der Waals surface area contributed by atoms with Gasteiger partial charge in [0, 0.05) is 25.1 Å². The largest absolute Gasteiger partial charge is 0.378 e. The van der Waals surface area contributed by atoms with Gasteiger partial charge in [0.1, 0.15) is 6.17 Å². The zero-order valence-electron chi connectivity index (χ0n) is 6.31. The number of alkyl halides is 1. The molecule has 2 saturated heterocycles. The third-order valence-electron chi connectivity index (χ3n) is 2.63. The van der Waals surface area contributed by atoms with Crippen molar-refractivity contribution in [2.75, 3.05) is 26.3 Å². The maximum absolute atomic E-state index is 13.1. The molecule has 2 rings (SSSR count). The molecule has 0 aromatic heterocycles. The summed E-state index contributed by atoms with van der Waals surface area (Å²) in [6, 6.07) is 0. The molecule has 1 N–H and O–H groups in total. The first-order valence-corrected chi connectivity index (χ1v) is 3.76. The second-order valence-corrected chi connectivity index (χ2v) is 3.26. The van der Waals surface area contributed by atoms with Gasteiger partial charge in [-0.05, 0) is 6.42 Å². The lowest BCUT2D eigenvalue weighted by molar-refractivity contribution is -0.0819. The van der Waals surface area contributed by atoms with E-state index in [-0.39, 0.29) is 17.8 Å². The molecule has 4 heteroatoms. The average Bonchev–Trinajstić information content (AvgIpc) is 1.85. The predicted molar refractivity (Wildman–Crippen MR) is 42.9 cm³/mol. The van der Waals surface area contributed by atoms with Gasteiger partial charge >= 0.3 is 0 Å². The monoisotopic (exact) mass is 181 g/mol. The highest BCUT2D eigenvalue weighted by Gasteiger charge is 2.46. The maximum atomic E-state index is 13.1. The molecule has 2 heterocycles. The maximum Gasteiger partial charge on any atom is 0.131 e. The summed E-state index contributed by atoms with van der Waals surface area (Å²) >= 11 is 0. The quantitative estimate of drug-likeness (QED) is 0.596. The second kappa shape index (κ2) is 3.25. The Hall–Kier alpha value is 0.140. The Bertz CT molecular complexity index is 140. The van der Waals surface area contributed by atoms with Crippen LogP contribution in [0.3, 0.4) is 0 Å². The molecule has 0 aromatic rings. The molecule has 0 unspecified atom stereocenters. The Balaban J connectivity index is 0.000000605. The van der Waals surface area contributed by atoms with E-state index in [1.807, 2.05) is 0 Å². The van der Waals surface area contributed by atoms with Gasteiger partial charge in [-0.2, -0.15) is 0 Å². The van der Waals surface area contributed by atoms with Crippen molar-refractivity contribution in [1.29, 1.82) is 0 Å². The smallest absolute Gasteiger partial charge is 0.131 e. The Labute approximate surface area is 71.9 Å². The van der Waals surface area contributed by atoms with E-state index in [4.69, 9.17) is 4.74 Å². The van der Waals surface area contributed by atoms with E-state index in [2.05, 4.69) is 5.32 Å². The van der Waals surface area contributed by atoms with Gasteiger partial charge < -0.3 is 10.1 Å². The Morgan fingerprint density at radius 2 is 2.18 bits per heavy atom. The Kier molecular flexibility index (Phi) is 2.73. The van der Waals surface area contributed by atoms with E-state index in [0.717, 1.165) is 26.1 Å². The minimum Gasteiger partial charge on any atom is -0.378 e. The summed E-state index contributed by atoms with van der Waals surface area (Å²) in [5.74, 6) is 0. The summed E-state index contributed by atoms with van der Waals surface area (Å²) in [6.07, 6.45) is 0.156. The SMILES string of the molecule is Cl.F[C@@H]1COCCC12CNC2. The van der Waals surface area contributed by atoms with Crippen molar-refractivity contribution in [3.63, 3.8) is 0 Å². The Morgan fingerprint density at radius 1 is 1.45 bits per heavy atom. The molecule has 0 amide bonds. The summed E-state index contributed by atoms with van der Waals surface area (Å²) in [4.78, 5) is 0. The van der Waals surface area contributed by atoms with Gasteiger partial charge in [-0.15, -0.1) is 12.4 Å². The van der Waals surface area contributed by atoms with E-state index in [0.29, 0.717) is 6.61 Å². The molecule has 2 aliphatic heterocycles. The summed E-state index contributed by atoms with van der Waals surface area (Å²) < 4.78 is 18.1. The first-order valence-electron chi connectivity index (χ1n) is 3.76. The lowest BCUT2D eigenvalue weighted by Crippen LogP contribution is -2.61. The summed E-state index contributed by atoms with van der Waals surface area (Å²) in [7, 11) is 0. The van der Waals surface area contributed by atoms with Crippen LogP contribution < -0.4 is 5.32 Å². The minimum absolute atomic E-state index is 0. The normalized spacial score (nSPS) is 34.1. The fourth-order valence-corrected chi connectivity index (χ4v) is 1.64. The molecule has 0 radical (unpaired) electrons. The molecule has 1 spiro atoms. The van der Waals surface area contributed by atoms with E-state index < -0.39 is 6.17 Å². The number of nitrogens with one attached hydrogen (secondary N) is 1. The molecule has 66 valence electrons. The predicted octanol–water partition coefficient (Wildman–Crippen LogP) is 0.756. The first kappa shape index (κ1) is 9.23. The topological polar surface area (TPSA) is 21.3 Å².